The Morgan fingerprint density at radius 1 is 1.27 bits per heavy atom. The number of carbonyl (C=O) groups excluding carboxylic acids is 1. The number of carbonyl (C=O) groups is 1. The van der Waals surface area contributed by atoms with Gasteiger partial charge in [-0.3, -0.25) is 9.78 Å². The SMILES string of the molecule is O=C(N[C@H]1CC2(CC2)C[C@@H]1O)c1cccc(C#Cc2cncc(F)c2)c1OC(F)F. The Bertz CT molecular complexity index is 1030. The topological polar surface area (TPSA) is 71.5 Å². The average molecular weight is 416 g/mol. The van der Waals surface area contributed by atoms with Crippen LogP contribution in [0.1, 0.15) is 47.2 Å². The van der Waals surface area contributed by atoms with Crippen LogP contribution in [0.2, 0.25) is 0 Å². The predicted octanol–water partition coefficient (Wildman–Crippen LogP) is 3.26. The number of aliphatic hydroxyl groups excluding tert-OH is 1. The van der Waals surface area contributed by atoms with Crippen molar-refractivity contribution < 1.29 is 27.8 Å². The molecule has 5 nitrogen and oxygen atoms in total. The maximum atomic E-state index is 13.3. The molecule has 4 rings (SSSR count). The summed E-state index contributed by atoms with van der Waals surface area (Å²) in [5, 5.41) is 13.0. The summed E-state index contributed by atoms with van der Waals surface area (Å²) in [7, 11) is 0. The number of amides is 1. The van der Waals surface area contributed by atoms with E-state index in [0.29, 0.717) is 12.8 Å². The van der Waals surface area contributed by atoms with E-state index in [-0.39, 0.29) is 27.9 Å². The maximum Gasteiger partial charge on any atom is 0.387 e. The first kappa shape index (κ1) is 20.2. The van der Waals surface area contributed by atoms with Crippen LogP contribution in [0.5, 0.6) is 5.75 Å². The van der Waals surface area contributed by atoms with Crippen molar-refractivity contribution in [3.63, 3.8) is 0 Å². The first-order chi connectivity index (χ1) is 14.3. The minimum absolute atomic E-state index is 0.0536. The summed E-state index contributed by atoms with van der Waals surface area (Å²) in [6.45, 7) is -3.16. The Hall–Kier alpha value is -3.05. The Labute approximate surface area is 171 Å². The minimum Gasteiger partial charge on any atom is -0.433 e. The molecule has 2 N–H and O–H groups in total. The Balaban J connectivity index is 1.61. The lowest BCUT2D eigenvalue weighted by Crippen LogP contribution is -2.40. The quantitative estimate of drug-likeness (QED) is 0.751. The molecular weight excluding hydrogens is 397 g/mol. The number of pyridine rings is 1. The largest absolute Gasteiger partial charge is 0.433 e. The number of para-hydroxylation sites is 1. The molecule has 2 aromatic rings. The molecule has 8 heteroatoms. The van der Waals surface area contributed by atoms with Crippen molar-refractivity contribution in [3.05, 3.63) is 59.2 Å². The highest BCUT2D eigenvalue weighted by molar-refractivity contribution is 5.98. The van der Waals surface area contributed by atoms with Gasteiger partial charge < -0.3 is 15.2 Å². The molecule has 2 atom stereocenters. The molecule has 1 amide bonds. The molecular formula is C22H19F3N2O3. The minimum atomic E-state index is -3.16. The second-order valence-corrected chi connectivity index (χ2v) is 7.76. The number of nitrogens with zero attached hydrogens (tertiary/aromatic N) is 1. The van der Waals surface area contributed by atoms with Crippen LogP contribution in [0, 0.1) is 23.1 Å². The monoisotopic (exact) mass is 416 g/mol. The van der Waals surface area contributed by atoms with Crippen LogP contribution in [0.15, 0.2) is 36.7 Å². The molecule has 0 bridgehead atoms. The van der Waals surface area contributed by atoms with E-state index in [1.54, 1.807) is 0 Å². The highest BCUT2D eigenvalue weighted by Crippen LogP contribution is 2.57. The van der Waals surface area contributed by atoms with E-state index in [1.165, 1.54) is 24.4 Å². The first-order valence-corrected chi connectivity index (χ1v) is 9.55. The van der Waals surface area contributed by atoms with Crippen LogP contribution in [0.4, 0.5) is 13.2 Å². The van der Waals surface area contributed by atoms with E-state index in [4.69, 9.17) is 0 Å². The summed E-state index contributed by atoms with van der Waals surface area (Å²) in [6.07, 6.45) is 5.02. The van der Waals surface area contributed by atoms with Crippen molar-refractivity contribution in [2.75, 3.05) is 0 Å². The Morgan fingerprint density at radius 3 is 2.73 bits per heavy atom. The Morgan fingerprint density at radius 2 is 2.07 bits per heavy atom. The zero-order chi connectivity index (χ0) is 21.3. The standard InChI is InChI=1S/C22H19F3N2O3/c23-15-8-13(11-26-12-15)4-5-14-2-1-3-16(19(14)30-21(24)25)20(29)27-17-9-22(6-7-22)10-18(17)28/h1-3,8,11-12,17-18,21,28H,6-7,9-10H2,(H,27,29)/t17-,18-/m0/s1. The number of alkyl halides is 2. The molecule has 0 radical (unpaired) electrons. The fourth-order valence-electron chi connectivity index (χ4n) is 3.90. The summed E-state index contributed by atoms with van der Waals surface area (Å²) in [5.74, 6) is 3.70. The summed E-state index contributed by atoms with van der Waals surface area (Å²) in [6, 6.07) is 5.00. The van der Waals surface area contributed by atoms with Crippen molar-refractivity contribution in [1.29, 1.82) is 0 Å². The van der Waals surface area contributed by atoms with Crippen LogP contribution in [0.25, 0.3) is 0 Å². The van der Waals surface area contributed by atoms with Crippen molar-refractivity contribution in [3.8, 4) is 17.6 Å². The summed E-state index contributed by atoms with van der Waals surface area (Å²) < 4.78 is 43.9. The second kappa shape index (κ2) is 8.00. The average Bonchev–Trinajstić information content (AvgIpc) is 3.37. The normalized spacial score (nSPS) is 21.2. The molecule has 2 aliphatic carbocycles. The number of nitrogens with one attached hydrogen (secondary N) is 1. The third-order valence-corrected chi connectivity index (χ3v) is 5.55. The number of rotatable bonds is 4. The highest BCUT2D eigenvalue weighted by Gasteiger charge is 2.52. The van der Waals surface area contributed by atoms with Gasteiger partial charge in [-0.2, -0.15) is 8.78 Å². The number of benzene rings is 1. The molecule has 30 heavy (non-hydrogen) atoms. The molecule has 1 aromatic carbocycles. The zero-order valence-corrected chi connectivity index (χ0v) is 15.9. The maximum absolute atomic E-state index is 13.3. The molecule has 1 heterocycles. The van der Waals surface area contributed by atoms with E-state index in [9.17, 15) is 23.1 Å². The lowest BCUT2D eigenvalue weighted by molar-refractivity contribution is -0.0503. The van der Waals surface area contributed by atoms with Gasteiger partial charge in [0.1, 0.15) is 5.82 Å². The second-order valence-electron chi connectivity index (χ2n) is 7.76. The lowest BCUT2D eigenvalue weighted by Gasteiger charge is -2.18. The number of halogens is 3. The summed E-state index contributed by atoms with van der Waals surface area (Å²) in [5.41, 5.74) is 0.296. The molecule has 2 aliphatic rings. The van der Waals surface area contributed by atoms with Gasteiger partial charge in [0.05, 0.1) is 29.5 Å². The number of aromatic nitrogens is 1. The molecule has 1 spiro atoms. The first-order valence-electron chi connectivity index (χ1n) is 9.55. The van der Waals surface area contributed by atoms with Gasteiger partial charge in [0.15, 0.2) is 5.75 Å². The van der Waals surface area contributed by atoms with Gasteiger partial charge in [-0.05, 0) is 49.3 Å². The van der Waals surface area contributed by atoms with Crippen molar-refractivity contribution in [2.24, 2.45) is 5.41 Å². The van der Waals surface area contributed by atoms with Crippen molar-refractivity contribution in [1.82, 2.24) is 10.3 Å². The van der Waals surface area contributed by atoms with Gasteiger partial charge in [0.25, 0.3) is 5.91 Å². The van der Waals surface area contributed by atoms with Gasteiger partial charge in [0, 0.05) is 11.8 Å². The van der Waals surface area contributed by atoms with E-state index in [1.807, 2.05) is 0 Å². The van der Waals surface area contributed by atoms with Gasteiger partial charge in [0.2, 0.25) is 0 Å². The molecule has 2 saturated carbocycles. The smallest absolute Gasteiger partial charge is 0.387 e. The zero-order valence-electron chi connectivity index (χ0n) is 15.9. The van der Waals surface area contributed by atoms with Crippen LogP contribution >= 0.6 is 0 Å². The van der Waals surface area contributed by atoms with E-state index < -0.39 is 30.5 Å². The number of hydrogen-bond acceptors (Lipinski definition) is 4. The number of hydrogen-bond donors (Lipinski definition) is 2. The molecule has 0 aliphatic heterocycles. The van der Waals surface area contributed by atoms with Crippen molar-refractivity contribution in [2.45, 2.75) is 44.4 Å². The van der Waals surface area contributed by atoms with Gasteiger partial charge in [-0.1, -0.05) is 17.9 Å². The van der Waals surface area contributed by atoms with E-state index in [2.05, 4.69) is 26.9 Å². The fraction of sp³-hybridized carbons (Fsp3) is 0.364. The van der Waals surface area contributed by atoms with Crippen molar-refractivity contribution >= 4 is 5.91 Å². The summed E-state index contributed by atoms with van der Waals surface area (Å²) >= 11 is 0. The van der Waals surface area contributed by atoms with Crippen LogP contribution < -0.4 is 10.1 Å². The number of ether oxygens (including phenoxy) is 1. The molecule has 0 saturated heterocycles. The Kier molecular flexibility index (Phi) is 5.39. The van der Waals surface area contributed by atoms with Crippen LogP contribution in [-0.2, 0) is 0 Å². The summed E-state index contributed by atoms with van der Waals surface area (Å²) in [4.78, 5) is 16.5. The molecule has 2 fully saturated rings. The highest BCUT2D eigenvalue weighted by atomic mass is 19.3. The van der Waals surface area contributed by atoms with Gasteiger partial charge in [-0.15, -0.1) is 0 Å². The third kappa shape index (κ3) is 4.41. The van der Waals surface area contributed by atoms with Crippen LogP contribution in [-0.4, -0.2) is 34.8 Å². The lowest BCUT2D eigenvalue weighted by atomic mass is 10.1. The predicted molar refractivity (Wildman–Crippen MR) is 101 cm³/mol. The van der Waals surface area contributed by atoms with E-state index >= 15 is 0 Å². The van der Waals surface area contributed by atoms with E-state index in [0.717, 1.165) is 25.1 Å². The number of aliphatic hydroxyl groups is 1. The van der Waals surface area contributed by atoms with Gasteiger partial charge >= 0.3 is 6.61 Å². The van der Waals surface area contributed by atoms with Gasteiger partial charge in [-0.25, -0.2) is 4.39 Å². The van der Waals surface area contributed by atoms with Crippen LogP contribution in [0.3, 0.4) is 0 Å². The molecule has 0 unspecified atom stereocenters. The molecule has 1 aromatic heterocycles. The molecule has 156 valence electrons. The fourth-order valence-corrected chi connectivity index (χ4v) is 3.90. The third-order valence-electron chi connectivity index (χ3n) is 5.55.